The van der Waals surface area contributed by atoms with E-state index in [0.717, 1.165) is 17.7 Å². The molecule has 0 saturated heterocycles. The number of halogens is 2. The van der Waals surface area contributed by atoms with Crippen molar-refractivity contribution in [2.24, 2.45) is 5.92 Å². The monoisotopic (exact) mass is 207 g/mol. The van der Waals surface area contributed by atoms with Gasteiger partial charge in [-0.2, -0.15) is 0 Å². The quantitative estimate of drug-likeness (QED) is 0.702. The number of rotatable bonds is 6. The predicted molar refractivity (Wildman–Crippen MR) is 47.0 cm³/mol. The highest BCUT2D eigenvalue weighted by molar-refractivity contribution is 5.76. The van der Waals surface area contributed by atoms with Gasteiger partial charge in [0, 0.05) is 13.0 Å². The van der Waals surface area contributed by atoms with Crippen LogP contribution in [0.5, 0.6) is 0 Å². The van der Waals surface area contributed by atoms with Crippen molar-refractivity contribution in [1.82, 2.24) is 4.90 Å². The topological polar surface area (TPSA) is 40.5 Å². The van der Waals surface area contributed by atoms with Gasteiger partial charge in [0.05, 0.1) is 13.2 Å². The first-order valence-corrected chi connectivity index (χ1v) is 4.80. The standard InChI is InChI=1S/C9H15F2NO2/c10-8(11)6-12(3-4-13)9(14)5-7-1-2-7/h7-8,13H,1-6H2. The van der Waals surface area contributed by atoms with Gasteiger partial charge in [0.25, 0.3) is 6.43 Å². The molecule has 1 aliphatic rings. The largest absolute Gasteiger partial charge is 0.395 e. The van der Waals surface area contributed by atoms with Gasteiger partial charge in [-0.25, -0.2) is 8.78 Å². The van der Waals surface area contributed by atoms with Gasteiger partial charge in [0.1, 0.15) is 0 Å². The van der Waals surface area contributed by atoms with Crippen molar-refractivity contribution in [2.75, 3.05) is 19.7 Å². The van der Waals surface area contributed by atoms with E-state index in [-0.39, 0.29) is 19.1 Å². The third kappa shape index (κ3) is 4.00. The van der Waals surface area contributed by atoms with E-state index in [2.05, 4.69) is 0 Å². The number of nitrogens with zero attached hydrogens (tertiary/aromatic N) is 1. The van der Waals surface area contributed by atoms with E-state index in [0.29, 0.717) is 12.3 Å². The Morgan fingerprint density at radius 2 is 2.14 bits per heavy atom. The van der Waals surface area contributed by atoms with Crippen LogP contribution < -0.4 is 0 Å². The molecule has 1 amide bonds. The van der Waals surface area contributed by atoms with Gasteiger partial charge in [-0.1, -0.05) is 0 Å². The maximum atomic E-state index is 12.0. The van der Waals surface area contributed by atoms with Crippen molar-refractivity contribution < 1.29 is 18.7 Å². The van der Waals surface area contributed by atoms with Crippen LogP contribution in [0, 0.1) is 5.92 Å². The maximum absolute atomic E-state index is 12.0. The minimum absolute atomic E-state index is 0.00981. The molecule has 0 heterocycles. The summed E-state index contributed by atoms with van der Waals surface area (Å²) < 4.78 is 24.1. The summed E-state index contributed by atoms with van der Waals surface area (Å²) in [5.41, 5.74) is 0. The summed E-state index contributed by atoms with van der Waals surface area (Å²) in [7, 11) is 0. The number of aliphatic hydroxyl groups excluding tert-OH is 1. The molecule has 0 radical (unpaired) electrons. The summed E-state index contributed by atoms with van der Waals surface area (Å²) in [6.07, 6.45) is -0.127. The Kier molecular flexibility index (Phi) is 4.25. The number of amides is 1. The molecular weight excluding hydrogens is 192 g/mol. The van der Waals surface area contributed by atoms with Gasteiger partial charge in [-0.3, -0.25) is 4.79 Å². The van der Waals surface area contributed by atoms with E-state index in [1.807, 2.05) is 0 Å². The van der Waals surface area contributed by atoms with Gasteiger partial charge in [0.2, 0.25) is 5.91 Å². The van der Waals surface area contributed by atoms with Crippen LogP contribution in [0.4, 0.5) is 8.78 Å². The van der Waals surface area contributed by atoms with Crippen LogP contribution in [0.3, 0.4) is 0 Å². The molecular formula is C9H15F2NO2. The van der Waals surface area contributed by atoms with Crippen LogP contribution in [-0.2, 0) is 4.79 Å². The highest BCUT2D eigenvalue weighted by Gasteiger charge is 2.27. The molecule has 0 unspecified atom stereocenters. The molecule has 0 aliphatic heterocycles. The van der Waals surface area contributed by atoms with Gasteiger partial charge >= 0.3 is 0 Å². The number of alkyl halides is 2. The average Bonchev–Trinajstić information content (AvgIpc) is 2.86. The average molecular weight is 207 g/mol. The first-order valence-electron chi connectivity index (χ1n) is 4.80. The van der Waals surface area contributed by atoms with Gasteiger partial charge in [0.15, 0.2) is 0 Å². The molecule has 0 aromatic rings. The van der Waals surface area contributed by atoms with Crippen molar-refractivity contribution >= 4 is 5.91 Å². The number of hydrogen-bond acceptors (Lipinski definition) is 2. The summed E-state index contributed by atoms with van der Waals surface area (Å²) in [6.45, 7) is -0.814. The molecule has 1 rings (SSSR count). The summed E-state index contributed by atoms with van der Waals surface area (Å²) in [4.78, 5) is 12.4. The fourth-order valence-corrected chi connectivity index (χ4v) is 1.30. The van der Waals surface area contributed by atoms with Crippen molar-refractivity contribution in [1.29, 1.82) is 0 Å². The molecule has 3 nitrogen and oxygen atoms in total. The van der Waals surface area contributed by atoms with Crippen LogP contribution in [0.2, 0.25) is 0 Å². The van der Waals surface area contributed by atoms with E-state index in [4.69, 9.17) is 5.11 Å². The highest BCUT2D eigenvalue weighted by atomic mass is 19.3. The predicted octanol–water partition coefficient (Wildman–Crippen LogP) is 0.873. The molecule has 5 heteroatoms. The number of carbonyl (C=O) groups is 1. The Balaban J connectivity index is 2.33. The third-order valence-electron chi connectivity index (χ3n) is 2.24. The Morgan fingerprint density at radius 1 is 1.50 bits per heavy atom. The lowest BCUT2D eigenvalue weighted by Crippen LogP contribution is -2.37. The lowest BCUT2D eigenvalue weighted by atomic mass is 10.2. The van der Waals surface area contributed by atoms with Crippen LogP contribution in [0.1, 0.15) is 19.3 Å². The van der Waals surface area contributed by atoms with E-state index in [1.165, 1.54) is 0 Å². The highest BCUT2D eigenvalue weighted by Crippen LogP contribution is 2.32. The second-order valence-electron chi connectivity index (χ2n) is 3.60. The zero-order valence-electron chi connectivity index (χ0n) is 7.96. The number of hydrogen-bond donors (Lipinski definition) is 1. The Morgan fingerprint density at radius 3 is 2.57 bits per heavy atom. The summed E-state index contributed by atoms with van der Waals surface area (Å²) >= 11 is 0. The Bertz CT molecular complexity index is 195. The van der Waals surface area contributed by atoms with E-state index >= 15 is 0 Å². The molecule has 0 bridgehead atoms. The van der Waals surface area contributed by atoms with E-state index < -0.39 is 13.0 Å². The van der Waals surface area contributed by atoms with Gasteiger partial charge in [-0.05, 0) is 18.8 Å². The first-order chi connectivity index (χ1) is 6.63. The van der Waals surface area contributed by atoms with Gasteiger partial charge < -0.3 is 10.0 Å². The zero-order valence-corrected chi connectivity index (χ0v) is 7.96. The molecule has 1 saturated carbocycles. The molecule has 0 atom stereocenters. The van der Waals surface area contributed by atoms with Gasteiger partial charge in [-0.15, -0.1) is 0 Å². The second kappa shape index (κ2) is 5.24. The number of carbonyl (C=O) groups excluding carboxylic acids is 1. The Hall–Kier alpha value is -0.710. The number of aliphatic hydroxyl groups is 1. The second-order valence-corrected chi connectivity index (χ2v) is 3.60. The summed E-state index contributed by atoms with van der Waals surface area (Å²) in [6, 6.07) is 0. The van der Waals surface area contributed by atoms with Crippen LogP contribution in [0.15, 0.2) is 0 Å². The van der Waals surface area contributed by atoms with Crippen molar-refractivity contribution in [2.45, 2.75) is 25.7 Å². The molecule has 14 heavy (non-hydrogen) atoms. The maximum Gasteiger partial charge on any atom is 0.255 e. The van der Waals surface area contributed by atoms with Crippen molar-refractivity contribution in [3.05, 3.63) is 0 Å². The van der Waals surface area contributed by atoms with Crippen LogP contribution in [0.25, 0.3) is 0 Å². The van der Waals surface area contributed by atoms with Crippen molar-refractivity contribution in [3.63, 3.8) is 0 Å². The summed E-state index contributed by atoms with van der Waals surface area (Å²) in [5, 5.41) is 8.61. The minimum atomic E-state index is -2.52. The van der Waals surface area contributed by atoms with Crippen LogP contribution >= 0.6 is 0 Å². The van der Waals surface area contributed by atoms with Crippen molar-refractivity contribution in [3.8, 4) is 0 Å². The van der Waals surface area contributed by atoms with Crippen LogP contribution in [-0.4, -0.2) is 42.0 Å². The Labute approximate surface area is 81.7 Å². The fourth-order valence-electron chi connectivity index (χ4n) is 1.30. The molecule has 1 N–H and O–H groups in total. The minimum Gasteiger partial charge on any atom is -0.395 e. The first kappa shape index (κ1) is 11.4. The molecule has 0 aromatic heterocycles. The van der Waals surface area contributed by atoms with E-state index in [9.17, 15) is 13.6 Å². The lowest BCUT2D eigenvalue weighted by molar-refractivity contribution is -0.134. The SMILES string of the molecule is O=C(CC1CC1)N(CCO)CC(F)F. The lowest BCUT2D eigenvalue weighted by Gasteiger charge is -2.21. The van der Waals surface area contributed by atoms with E-state index in [1.54, 1.807) is 0 Å². The molecule has 0 spiro atoms. The molecule has 1 aliphatic carbocycles. The smallest absolute Gasteiger partial charge is 0.255 e. The molecule has 82 valence electrons. The molecule has 0 aromatic carbocycles. The normalized spacial score (nSPS) is 16.0. The fraction of sp³-hybridized carbons (Fsp3) is 0.889. The molecule has 1 fully saturated rings. The third-order valence-corrected chi connectivity index (χ3v) is 2.24. The summed E-state index contributed by atoms with van der Waals surface area (Å²) in [5.74, 6) is 0.128. The zero-order chi connectivity index (χ0) is 10.6.